The van der Waals surface area contributed by atoms with Crippen molar-refractivity contribution in [1.82, 2.24) is 4.98 Å². The van der Waals surface area contributed by atoms with Crippen LogP contribution in [0.2, 0.25) is 0 Å². The van der Waals surface area contributed by atoms with Gasteiger partial charge in [0.2, 0.25) is 0 Å². The normalized spacial score (nSPS) is 12.7. The molecule has 0 saturated carbocycles. The van der Waals surface area contributed by atoms with E-state index in [9.17, 15) is 0 Å². The fourth-order valence-corrected chi connectivity index (χ4v) is 8.91. The molecule has 0 fully saturated rings. The van der Waals surface area contributed by atoms with Gasteiger partial charge in [-0.25, -0.2) is 4.98 Å². The van der Waals surface area contributed by atoms with Gasteiger partial charge in [0.05, 0.1) is 34.1 Å². The second kappa shape index (κ2) is 14.4. The highest BCUT2D eigenvalue weighted by Gasteiger charge is 2.30. The van der Waals surface area contributed by atoms with Crippen LogP contribution in [0.3, 0.4) is 0 Å². The Morgan fingerprint density at radius 2 is 0.617 bits per heavy atom. The van der Waals surface area contributed by atoms with Gasteiger partial charge in [-0.15, -0.1) is 0 Å². The number of nitrogens with zero attached hydrogens (tertiary/aromatic N) is 3. The maximum Gasteiger partial charge on any atom is 0.0715 e. The average molecular weight is 766 g/mol. The number of para-hydroxylation sites is 4. The smallest absolute Gasteiger partial charge is 0.0715 e. The van der Waals surface area contributed by atoms with Crippen LogP contribution >= 0.6 is 0 Å². The molecule has 1 aromatic heterocycles. The standard InChI is InChI=1S/C57H39N3/c1-38-48-24-9-13-28-54(48)59(55-29-14-10-25-49(38)55)46-33-44(34-47(37-46)60-56-30-15-11-26-50(56)39(2)51-27-12-16-31-57(51)60)42-22-17-23-43(32-42)45-35-52(40-18-5-3-6-19-40)58-53(36-45)41-20-7-4-8-21-41/h3-37H,1-2H2. The van der Waals surface area contributed by atoms with Crippen LogP contribution < -0.4 is 9.80 Å². The van der Waals surface area contributed by atoms with E-state index in [0.29, 0.717) is 0 Å². The van der Waals surface area contributed by atoms with Gasteiger partial charge >= 0.3 is 0 Å². The third-order valence-electron chi connectivity index (χ3n) is 11.8. The molecule has 3 heterocycles. The van der Waals surface area contributed by atoms with Crippen LogP contribution in [0.1, 0.15) is 22.3 Å². The van der Waals surface area contributed by atoms with E-state index >= 15 is 0 Å². The van der Waals surface area contributed by atoms with E-state index in [4.69, 9.17) is 4.98 Å². The van der Waals surface area contributed by atoms with Crippen molar-refractivity contribution in [2.75, 3.05) is 9.80 Å². The molecule has 0 radical (unpaired) electrons. The molecule has 60 heavy (non-hydrogen) atoms. The molecule has 2 aliphatic rings. The van der Waals surface area contributed by atoms with E-state index in [1.54, 1.807) is 0 Å². The molecule has 2 aliphatic heterocycles. The Hall–Kier alpha value is -8.01. The zero-order valence-corrected chi connectivity index (χ0v) is 33.0. The monoisotopic (exact) mass is 765 g/mol. The number of anilines is 6. The molecule has 11 rings (SSSR count). The summed E-state index contributed by atoms with van der Waals surface area (Å²) in [5.74, 6) is 0. The maximum absolute atomic E-state index is 5.17. The Balaban J connectivity index is 1.14. The van der Waals surface area contributed by atoms with E-state index < -0.39 is 0 Å². The topological polar surface area (TPSA) is 19.4 Å². The summed E-state index contributed by atoms with van der Waals surface area (Å²) in [4.78, 5) is 9.97. The Kier molecular flexibility index (Phi) is 8.46. The fourth-order valence-electron chi connectivity index (χ4n) is 8.91. The number of benzene rings is 8. The molecular formula is C57H39N3. The van der Waals surface area contributed by atoms with Crippen LogP contribution in [0.5, 0.6) is 0 Å². The van der Waals surface area contributed by atoms with Gasteiger partial charge in [-0.3, -0.25) is 0 Å². The highest BCUT2D eigenvalue weighted by atomic mass is 15.2. The largest absolute Gasteiger partial charge is 0.309 e. The zero-order chi connectivity index (χ0) is 40.2. The number of hydrogen-bond acceptors (Lipinski definition) is 3. The molecule has 0 atom stereocenters. The molecule has 9 aromatic rings. The van der Waals surface area contributed by atoms with Crippen LogP contribution in [-0.2, 0) is 0 Å². The van der Waals surface area contributed by atoms with Crippen molar-refractivity contribution in [2.45, 2.75) is 0 Å². The van der Waals surface area contributed by atoms with E-state index in [0.717, 1.165) is 112 Å². The summed E-state index contributed by atoms with van der Waals surface area (Å²) in [5.41, 5.74) is 21.5. The highest BCUT2D eigenvalue weighted by molar-refractivity contribution is 6.04. The molecule has 282 valence electrons. The van der Waals surface area contributed by atoms with Crippen molar-refractivity contribution in [3.63, 3.8) is 0 Å². The predicted molar refractivity (Wildman–Crippen MR) is 252 cm³/mol. The molecule has 3 nitrogen and oxygen atoms in total. The Labute approximate surface area is 351 Å². The lowest BCUT2D eigenvalue weighted by Gasteiger charge is -2.37. The van der Waals surface area contributed by atoms with Gasteiger partial charge < -0.3 is 9.80 Å². The summed E-state index contributed by atoms with van der Waals surface area (Å²) in [6.07, 6.45) is 0. The maximum atomic E-state index is 5.17. The summed E-state index contributed by atoms with van der Waals surface area (Å²) >= 11 is 0. The van der Waals surface area contributed by atoms with Crippen LogP contribution in [0.15, 0.2) is 225 Å². The fraction of sp³-hybridized carbons (Fsp3) is 0. The van der Waals surface area contributed by atoms with Gasteiger partial charge in [0.25, 0.3) is 0 Å². The molecule has 0 bridgehead atoms. The summed E-state index contributed by atoms with van der Waals surface area (Å²) in [6.45, 7) is 9.16. The zero-order valence-electron chi connectivity index (χ0n) is 33.0. The van der Waals surface area contributed by atoms with Gasteiger partial charge in [-0.1, -0.05) is 165 Å². The number of hydrogen-bond donors (Lipinski definition) is 0. The third-order valence-corrected chi connectivity index (χ3v) is 11.8. The minimum atomic E-state index is 0.940. The molecule has 0 unspecified atom stereocenters. The van der Waals surface area contributed by atoms with Gasteiger partial charge in [-0.05, 0) is 94.1 Å². The Morgan fingerprint density at radius 3 is 1.02 bits per heavy atom. The summed E-state index contributed by atoms with van der Waals surface area (Å²) in [7, 11) is 0. The van der Waals surface area contributed by atoms with E-state index in [1.807, 2.05) is 12.1 Å². The Morgan fingerprint density at radius 1 is 0.283 bits per heavy atom. The van der Waals surface area contributed by atoms with E-state index in [-0.39, 0.29) is 0 Å². The number of fused-ring (bicyclic) bond motifs is 4. The lowest BCUT2D eigenvalue weighted by atomic mass is 9.89. The first-order chi connectivity index (χ1) is 29.6. The first-order valence-corrected chi connectivity index (χ1v) is 20.3. The molecule has 0 spiro atoms. The molecule has 0 saturated heterocycles. The molecule has 8 aromatic carbocycles. The van der Waals surface area contributed by atoms with Crippen molar-refractivity contribution in [3.8, 4) is 44.8 Å². The molecule has 0 N–H and O–H groups in total. The van der Waals surface area contributed by atoms with Gasteiger partial charge in [0, 0.05) is 44.8 Å². The van der Waals surface area contributed by atoms with Crippen molar-refractivity contribution < 1.29 is 0 Å². The van der Waals surface area contributed by atoms with Gasteiger partial charge in [0.15, 0.2) is 0 Å². The minimum absolute atomic E-state index is 0.940. The first-order valence-electron chi connectivity index (χ1n) is 20.3. The Bertz CT molecular complexity index is 2860. The van der Waals surface area contributed by atoms with Gasteiger partial charge in [0.1, 0.15) is 0 Å². The van der Waals surface area contributed by atoms with Crippen molar-refractivity contribution in [3.05, 3.63) is 248 Å². The van der Waals surface area contributed by atoms with Crippen molar-refractivity contribution in [1.29, 1.82) is 0 Å². The van der Waals surface area contributed by atoms with E-state index in [2.05, 4.69) is 223 Å². The van der Waals surface area contributed by atoms with Crippen LogP contribution in [0.4, 0.5) is 34.1 Å². The van der Waals surface area contributed by atoms with Gasteiger partial charge in [-0.2, -0.15) is 0 Å². The van der Waals surface area contributed by atoms with E-state index in [1.165, 1.54) is 0 Å². The summed E-state index contributed by atoms with van der Waals surface area (Å²) in [6, 6.07) is 75.7. The van der Waals surface area contributed by atoms with Crippen LogP contribution in [0, 0.1) is 0 Å². The first kappa shape index (κ1) is 35.2. The highest BCUT2D eigenvalue weighted by Crippen LogP contribution is 2.52. The third kappa shape index (κ3) is 5.95. The lowest BCUT2D eigenvalue weighted by molar-refractivity contribution is 1.21. The summed E-state index contributed by atoms with van der Waals surface area (Å²) < 4.78 is 0. The molecule has 3 heteroatoms. The average Bonchev–Trinajstić information content (AvgIpc) is 3.32. The van der Waals surface area contributed by atoms with Crippen molar-refractivity contribution >= 4 is 45.3 Å². The SMILES string of the molecule is C=C1c2ccccc2N(c2cc(-c3cccc(-c4cc(-c5ccccc5)nc(-c5ccccc5)c4)c3)cc(N3c4ccccc4C(=C)c4ccccc43)c2)c2ccccc21. The quantitative estimate of drug-likeness (QED) is 0.168. The second-order valence-electron chi connectivity index (χ2n) is 15.4. The minimum Gasteiger partial charge on any atom is -0.309 e. The lowest BCUT2D eigenvalue weighted by Crippen LogP contribution is -2.20. The predicted octanol–water partition coefficient (Wildman–Crippen LogP) is 15.4. The van der Waals surface area contributed by atoms with Crippen LogP contribution in [-0.4, -0.2) is 4.98 Å². The van der Waals surface area contributed by atoms with Crippen molar-refractivity contribution in [2.24, 2.45) is 0 Å². The number of aromatic nitrogens is 1. The second-order valence-corrected chi connectivity index (χ2v) is 15.4. The number of rotatable bonds is 6. The molecule has 0 amide bonds. The summed E-state index contributed by atoms with van der Waals surface area (Å²) in [5, 5.41) is 0. The molecular weight excluding hydrogens is 727 g/mol. The van der Waals surface area contributed by atoms with Crippen LogP contribution in [0.25, 0.3) is 55.9 Å². The number of pyridine rings is 1. The molecule has 0 aliphatic carbocycles.